The van der Waals surface area contributed by atoms with Gasteiger partial charge in [-0.1, -0.05) is 57.9 Å². The molecule has 0 amide bonds. The lowest BCUT2D eigenvalue weighted by Gasteiger charge is -2.08. The van der Waals surface area contributed by atoms with Gasteiger partial charge in [-0.25, -0.2) is 0 Å². The lowest BCUT2D eigenvalue weighted by atomic mass is 10.1. The van der Waals surface area contributed by atoms with Crippen molar-refractivity contribution in [1.29, 1.82) is 0 Å². The molecule has 0 N–H and O–H groups in total. The highest BCUT2D eigenvalue weighted by molar-refractivity contribution is 7.85. The molecule has 0 spiro atoms. The molecule has 0 radical (unpaired) electrons. The van der Waals surface area contributed by atoms with Gasteiger partial charge in [-0.2, -0.15) is 0 Å². The van der Waals surface area contributed by atoms with Crippen LogP contribution in [-0.4, -0.2) is 21.5 Å². The van der Waals surface area contributed by atoms with E-state index < -0.39 is 10.8 Å². The van der Waals surface area contributed by atoms with E-state index in [0.717, 1.165) is 19.3 Å². The zero-order valence-corrected chi connectivity index (χ0v) is 13.0. The van der Waals surface area contributed by atoms with Gasteiger partial charge in [0, 0.05) is 22.1 Å². The first-order chi connectivity index (χ1) is 9.06. The van der Waals surface area contributed by atoms with Crippen molar-refractivity contribution in [2.24, 2.45) is 5.92 Å². The Morgan fingerprint density at radius 3 is 2.37 bits per heavy atom. The topological polar surface area (TPSA) is 34.1 Å². The van der Waals surface area contributed by atoms with Crippen LogP contribution in [0.2, 0.25) is 0 Å². The van der Waals surface area contributed by atoms with Gasteiger partial charge in [-0.15, -0.1) is 0 Å². The quantitative estimate of drug-likeness (QED) is 0.682. The maximum absolute atomic E-state index is 12.0. The van der Waals surface area contributed by atoms with Crippen LogP contribution in [0, 0.1) is 5.92 Å². The van der Waals surface area contributed by atoms with Crippen LogP contribution >= 0.6 is 0 Å². The molecule has 106 valence electrons. The van der Waals surface area contributed by atoms with Gasteiger partial charge in [0.05, 0.1) is 5.75 Å². The van der Waals surface area contributed by atoms with Crippen molar-refractivity contribution in [3.05, 3.63) is 35.4 Å². The van der Waals surface area contributed by atoms with Crippen LogP contribution in [0.1, 0.15) is 49.5 Å². The van der Waals surface area contributed by atoms with Gasteiger partial charge in [0.2, 0.25) is 0 Å². The number of hydrogen-bond acceptors (Lipinski definition) is 2. The Hall–Kier alpha value is -0.960. The highest BCUT2D eigenvalue weighted by Gasteiger charge is 2.12. The number of rotatable bonds is 8. The first kappa shape index (κ1) is 16.1. The van der Waals surface area contributed by atoms with E-state index in [1.165, 1.54) is 5.56 Å². The van der Waals surface area contributed by atoms with E-state index in [2.05, 4.69) is 20.8 Å². The second-order valence-corrected chi connectivity index (χ2v) is 6.64. The third kappa shape index (κ3) is 5.68. The molecule has 0 saturated heterocycles. The molecule has 0 heterocycles. The maximum atomic E-state index is 12.0. The van der Waals surface area contributed by atoms with Crippen molar-refractivity contribution in [3.8, 4) is 0 Å². The number of ketones is 1. The minimum absolute atomic E-state index is 0.00955. The largest absolute Gasteiger partial charge is 0.293 e. The molecule has 0 saturated carbocycles. The maximum Gasteiger partial charge on any atom is 0.175 e. The third-order valence-electron chi connectivity index (χ3n) is 3.27. The first-order valence-corrected chi connectivity index (χ1v) is 8.52. The number of carbonyl (C=O) groups excluding carboxylic acids is 1. The Labute approximate surface area is 119 Å². The average Bonchev–Trinajstić information content (AvgIpc) is 2.39. The van der Waals surface area contributed by atoms with Crippen molar-refractivity contribution < 1.29 is 9.00 Å². The van der Waals surface area contributed by atoms with E-state index in [1.807, 2.05) is 24.3 Å². The summed E-state index contributed by atoms with van der Waals surface area (Å²) in [7, 11) is -1.04. The number of aryl methyl sites for hydroxylation is 1. The van der Waals surface area contributed by atoms with E-state index in [0.29, 0.717) is 17.2 Å². The molecule has 0 aliphatic carbocycles. The van der Waals surface area contributed by atoms with Crippen LogP contribution in [0.3, 0.4) is 0 Å². The average molecular weight is 280 g/mol. The molecule has 2 unspecified atom stereocenters. The molecule has 0 fully saturated rings. The number of benzene rings is 1. The molecule has 1 rings (SSSR count). The van der Waals surface area contributed by atoms with Crippen LogP contribution < -0.4 is 0 Å². The van der Waals surface area contributed by atoms with Crippen LogP contribution in [0.25, 0.3) is 0 Å². The van der Waals surface area contributed by atoms with E-state index in [1.54, 1.807) is 0 Å². The van der Waals surface area contributed by atoms with E-state index in [4.69, 9.17) is 0 Å². The molecule has 2 nitrogen and oxygen atoms in total. The Bertz CT molecular complexity index is 423. The van der Waals surface area contributed by atoms with Gasteiger partial charge >= 0.3 is 0 Å². The number of hydrogen-bond donors (Lipinski definition) is 0. The van der Waals surface area contributed by atoms with Crippen molar-refractivity contribution in [1.82, 2.24) is 0 Å². The summed E-state index contributed by atoms with van der Waals surface area (Å²) in [6.45, 7) is 6.29. The van der Waals surface area contributed by atoms with Crippen LogP contribution in [-0.2, 0) is 17.2 Å². The summed E-state index contributed by atoms with van der Waals surface area (Å²) in [4.78, 5) is 12.0. The minimum Gasteiger partial charge on any atom is -0.293 e. The summed E-state index contributed by atoms with van der Waals surface area (Å²) < 4.78 is 11.9. The van der Waals surface area contributed by atoms with Crippen LogP contribution in [0.15, 0.2) is 24.3 Å². The molecule has 19 heavy (non-hydrogen) atoms. The predicted molar refractivity (Wildman–Crippen MR) is 82.1 cm³/mol. The molecule has 1 aromatic carbocycles. The smallest absolute Gasteiger partial charge is 0.175 e. The monoisotopic (exact) mass is 280 g/mol. The number of carbonyl (C=O) groups is 1. The van der Waals surface area contributed by atoms with Crippen molar-refractivity contribution in [2.45, 2.75) is 40.0 Å². The standard InChI is InChI=1S/C16H24O2S/c1-4-6-14-7-9-15(10-8-14)16(17)12-19(18)11-13(3)5-2/h7-10,13H,4-6,11-12H2,1-3H3. The number of Topliss-reactive ketones (excluding diaryl/α,β-unsaturated/α-hetero) is 1. The van der Waals surface area contributed by atoms with Gasteiger partial charge in [-0.3, -0.25) is 9.00 Å². The van der Waals surface area contributed by atoms with Gasteiger partial charge in [0.25, 0.3) is 0 Å². The van der Waals surface area contributed by atoms with Gasteiger partial charge in [0.1, 0.15) is 0 Å². The highest BCUT2D eigenvalue weighted by Crippen LogP contribution is 2.09. The molecule has 0 aromatic heterocycles. The second kappa shape index (κ2) is 8.26. The van der Waals surface area contributed by atoms with Gasteiger partial charge in [0.15, 0.2) is 5.78 Å². The van der Waals surface area contributed by atoms with Crippen LogP contribution in [0.4, 0.5) is 0 Å². The lowest BCUT2D eigenvalue weighted by Crippen LogP contribution is -2.16. The molecular weight excluding hydrogens is 256 g/mol. The third-order valence-corrected chi connectivity index (χ3v) is 4.80. The van der Waals surface area contributed by atoms with E-state index in [-0.39, 0.29) is 11.5 Å². The SMILES string of the molecule is CCCc1ccc(C(=O)CS(=O)CC(C)CC)cc1. The summed E-state index contributed by atoms with van der Waals surface area (Å²) in [6.07, 6.45) is 3.15. The predicted octanol–water partition coefficient (Wildman–Crippen LogP) is 3.62. The fraction of sp³-hybridized carbons (Fsp3) is 0.562. The lowest BCUT2D eigenvalue weighted by molar-refractivity contribution is 0.102. The summed E-state index contributed by atoms with van der Waals surface area (Å²) in [5, 5.41) is 0. The normalized spacial score (nSPS) is 14.1. The van der Waals surface area contributed by atoms with Gasteiger partial charge < -0.3 is 0 Å². The Kier molecular flexibility index (Phi) is 7.00. The zero-order valence-electron chi connectivity index (χ0n) is 12.1. The van der Waals surface area contributed by atoms with E-state index >= 15 is 0 Å². The zero-order chi connectivity index (χ0) is 14.3. The summed E-state index contributed by atoms with van der Waals surface area (Å²) >= 11 is 0. The van der Waals surface area contributed by atoms with Crippen molar-refractivity contribution in [2.75, 3.05) is 11.5 Å². The fourth-order valence-corrected chi connectivity index (χ4v) is 3.32. The fourth-order valence-electron chi connectivity index (χ4n) is 1.87. The summed E-state index contributed by atoms with van der Waals surface area (Å²) in [5.41, 5.74) is 1.93. The van der Waals surface area contributed by atoms with Crippen molar-refractivity contribution >= 4 is 16.6 Å². The Morgan fingerprint density at radius 2 is 1.84 bits per heavy atom. The molecule has 0 bridgehead atoms. The molecule has 0 aliphatic heterocycles. The summed E-state index contributed by atoms with van der Waals surface area (Å²) in [6, 6.07) is 7.70. The van der Waals surface area contributed by atoms with Crippen LogP contribution in [0.5, 0.6) is 0 Å². The summed E-state index contributed by atoms with van der Waals surface area (Å²) in [5.74, 6) is 1.18. The minimum atomic E-state index is -1.04. The Balaban J connectivity index is 2.55. The molecule has 0 aliphatic rings. The first-order valence-electron chi connectivity index (χ1n) is 7.03. The second-order valence-electron chi connectivity index (χ2n) is 5.13. The van der Waals surface area contributed by atoms with Crippen molar-refractivity contribution in [3.63, 3.8) is 0 Å². The van der Waals surface area contributed by atoms with E-state index in [9.17, 15) is 9.00 Å². The molecule has 1 aromatic rings. The Morgan fingerprint density at radius 1 is 1.21 bits per heavy atom. The highest BCUT2D eigenvalue weighted by atomic mass is 32.2. The molecule has 3 heteroatoms. The van der Waals surface area contributed by atoms with Gasteiger partial charge in [-0.05, 0) is 17.9 Å². The molecule has 2 atom stereocenters. The molecular formula is C16H24O2S.